The highest BCUT2D eigenvalue weighted by molar-refractivity contribution is 7.97. The van der Waals surface area contributed by atoms with Crippen LogP contribution in [0, 0.1) is 5.41 Å². The van der Waals surface area contributed by atoms with Gasteiger partial charge in [-0.05, 0) is 18.9 Å². The molecule has 0 rings (SSSR count). The van der Waals surface area contributed by atoms with Crippen molar-refractivity contribution in [2.45, 2.75) is 13.8 Å². The van der Waals surface area contributed by atoms with Crippen molar-refractivity contribution in [1.82, 2.24) is 14.5 Å². The van der Waals surface area contributed by atoms with E-state index in [0.717, 1.165) is 11.9 Å². The van der Waals surface area contributed by atoms with Crippen LogP contribution in [-0.4, -0.2) is 54.3 Å². The Morgan fingerprint density at radius 1 is 1.35 bits per heavy atom. The number of rotatable bonds is 3. The van der Waals surface area contributed by atoms with Gasteiger partial charge in [-0.2, -0.15) is 4.90 Å². The Balaban J connectivity index is 4.78. The highest BCUT2D eigenvalue weighted by Crippen LogP contribution is 2.02. The molecule has 0 unspecified atom stereocenters. The Morgan fingerprint density at radius 3 is 2.35 bits per heavy atom. The minimum Gasteiger partial charge on any atom is -0.465 e. The molecule has 0 fully saturated rings. The van der Waals surface area contributed by atoms with Crippen LogP contribution in [-0.2, 0) is 4.74 Å². The van der Waals surface area contributed by atoms with Crippen LogP contribution in [0.25, 0.3) is 0 Å². The lowest BCUT2D eigenvalue weighted by atomic mass is 10.6. The quantitative estimate of drug-likeness (QED) is 0.456. The van der Waals surface area contributed by atoms with Crippen molar-refractivity contribution < 1.29 is 14.3 Å². The van der Waals surface area contributed by atoms with E-state index in [4.69, 9.17) is 10.1 Å². The van der Waals surface area contributed by atoms with E-state index in [0.29, 0.717) is 10.7 Å². The molecule has 0 aliphatic carbocycles. The first-order valence-electron chi connectivity index (χ1n) is 5.10. The van der Waals surface area contributed by atoms with Gasteiger partial charge < -0.3 is 9.64 Å². The number of nitrogens with zero attached hydrogens (tertiary/aromatic N) is 2. The molecular formula is C9H18N4O3S. The van der Waals surface area contributed by atoms with Gasteiger partial charge in [0.15, 0.2) is 0 Å². The molecule has 0 saturated carbocycles. The van der Waals surface area contributed by atoms with Crippen LogP contribution in [0.3, 0.4) is 0 Å². The molecule has 0 radical (unpaired) electrons. The lowest BCUT2D eigenvalue weighted by Crippen LogP contribution is -2.50. The third kappa shape index (κ3) is 4.94. The van der Waals surface area contributed by atoms with Gasteiger partial charge in [-0.3, -0.25) is 10.1 Å². The summed E-state index contributed by atoms with van der Waals surface area (Å²) < 4.78 is 7.31. The fourth-order valence-electron chi connectivity index (χ4n) is 0.847. The Morgan fingerprint density at radius 2 is 1.94 bits per heavy atom. The molecule has 0 heterocycles. The number of hydrogen-bond donors (Lipinski definition) is 2. The Kier molecular flexibility index (Phi) is 7.11. The van der Waals surface area contributed by atoms with Crippen molar-refractivity contribution in [3.63, 3.8) is 0 Å². The van der Waals surface area contributed by atoms with E-state index in [9.17, 15) is 9.59 Å². The number of carbonyl (C=O) groups excluding carboxylic acids is 2. The third-order valence-corrected chi connectivity index (χ3v) is 2.17. The average molecular weight is 262 g/mol. The van der Waals surface area contributed by atoms with E-state index >= 15 is 0 Å². The molecule has 0 bridgehead atoms. The first-order valence-corrected chi connectivity index (χ1v) is 6.08. The second kappa shape index (κ2) is 7.77. The summed E-state index contributed by atoms with van der Waals surface area (Å²) in [4.78, 5) is 25.3. The van der Waals surface area contributed by atoms with Gasteiger partial charge in [-0.15, -0.1) is 0 Å². The van der Waals surface area contributed by atoms with Crippen LogP contribution >= 0.6 is 11.9 Å². The molecule has 0 aliphatic rings. The van der Waals surface area contributed by atoms with E-state index < -0.39 is 18.1 Å². The van der Waals surface area contributed by atoms with Crippen LogP contribution in [0.15, 0.2) is 0 Å². The normalized spacial score (nSPS) is 9.41. The lowest BCUT2D eigenvalue weighted by Gasteiger charge is -2.23. The largest absolute Gasteiger partial charge is 0.465 e. The molecule has 0 aliphatic heterocycles. The maximum Gasteiger partial charge on any atom is 0.343 e. The summed E-state index contributed by atoms with van der Waals surface area (Å²) in [6.45, 7) is 3.74. The van der Waals surface area contributed by atoms with Gasteiger partial charge in [0.05, 0.1) is 6.61 Å². The number of hydrogen-bond acceptors (Lipinski definition) is 5. The monoisotopic (exact) mass is 262 g/mol. The van der Waals surface area contributed by atoms with Gasteiger partial charge in [0.25, 0.3) is 0 Å². The second-order valence-electron chi connectivity index (χ2n) is 3.09. The van der Waals surface area contributed by atoms with Crippen LogP contribution in [0.4, 0.5) is 9.59 Å². The van der Waals surface area contributed by atoms with Gasteiger partial charge in [0.2, 0.25) is 0 Å². The molecule has 0 saturated heterocycles. The van der Waals surface area contributed by atoms with Crippen molar-refractivity contribution >= 4 is 30.0 Å². The maximum atomic E-state index is 11.7. The molecule has 0 aromatic rings. The number of urea groups is 2. The summed E-state index contributed by atoms with van der Waals surface area (Å²) in [5, 5.41) is 7.52. The zero-order valence-electron chi connectivity index (χ0n) is 10.4. The zero-order chi connectivity index (χ0) is 13.4. The molecule has 8 heteroatoms. The molecule has 0 aromatic carbocycles. The van der Waals surface area contributed by atoms with Crippen LogP contribution in [0.1, 0.15) is 13.8 Å². The fourth-order valence-corrected chi connectivity index (χ4v) is 1.21. The summed E-state index contributed by atoms with van der Waals surface area (Å²) in [5.41, 5.74) is 0. The Hall–Kier alpha value is -1.44. The first-order chi connectivity index (χ1) is 7.95. The number of ether oxygens (including phenoxy) is 1. The summed E-state index contributed by atoms with van der Waals surface area (Å²) >= 11 is 1.14. The molecule has 17 heavy (non-hydrogen) atoms. The minimum atomic E-state index is -0.686. The van der Waals surface area contributed by atoms with Crippen molar-refractivity contribution in [3.05, 3.63) is 0 Å². The van der Waals surface area contributed by atoms with Crippen LogP contribution < -0.4 is 4.72 Å². The molecular weight excluding hydrogens is 244 g/mol. The molecule has 0 spiro atoms. The number of carbonyl (C=O) groups is 2. The van der Waals surface area contributed by atoms with Gasteiger partial charge in [-0.1, -0.05) is 6.92 Å². The summed E-state index contributed by atoms with van der Waals surface area (Å²) in [6, 6.07) is -1.80. The predicted molar refractivity (Wildman–Crippen MR) is 66.9 cm³/mol. The Labute approximate surface area is 105 Å². The molecule has 2 N–H and O–H groups in total. The van der Waals surface area contributed by atoms with Crippen molar-refractivity contribution in [2.24, 2.45) is 0 Å². The molecule has 4 amide bonds. The van der Waals surface area contributed by atoms with Gasteiger partial charge in [0, 0.05) is 19.8 Å². The summed E-state index contributed by atoms with van der Waals surface area (Å²) in [7, 11) is 2.99. The third-order valence-electron chi connectivity index (χ3n) is 1.56. The van der Waals surface area contributed by atoms with E-state index in [-0.39, 0.29) is 6.61 Å². The molecule has 0 aromatic heterocycles. The van der Waals surface area contributed by atoms with E-state index in [1.54, 1.807) is 6.92 Å². The van der Waals surface area contributed by atoms with Gasteiger partial charge >= 0.3 is 18.1 Å². The number of imide groups is 1. The lowest BCUT2D eigenvalue weighted by molar-refractivity contribution is 0.175. The van der Waals surface area contributed by atoms with Gasteiger partial charge in [-0.25, -0.2) is 9.59 Å². The van der Waals surface area contributed by atoms with Crippen molar-refractivity contribution in [2.75, 3.05) is 26.5 Å². The summed E-state index contributed by atoms with van der Waals surface area (Å²) in [6.07, 6.45) is 0. The SMILES string of the molecule is CCOC(=N)N(C(=O)NSCC)C(=O)N(C)C. The molecule has 7 nitrogen and oxygen atoms in total. The summed E-state index contributed by atoms with van der Waals surface area (Å²) in [5.74, 6) is 0.664. The number of amides is 4. The van der Waals surface area contributed by atoms with Crippen molar-refractivity contribution in [1.29, 1.82) is 5.41 Å². The fraction of sp³-hybridized carbons (Fsp3) is 0.667. The first kappa shape index (κ1) is 15.6. The zero-order valence-corrected chi connectivity index (χ0v) is 11.3. The average Bonchev–Trinajstić information content (AvgIpc) is 2.26. The topological polar surface area (TPSA) is 85.7 Å². The Bertz CT molecular complexity index is 296. The maximum absolute atomic E-state index is 11.7. The van der Waals surface area contributed by atoms with E-state index in [1.165, 1.54) is 19.0 Å². The standard InChI is InChI=1S/C9H18N4O3S/c1-5-16-7(10)13(9(15)12(3)4)8(14)11-17-6-2/h10H,5-6H2,1-4H3,(H,11,14). The van der Waals surface area contributed by atoms with Crippen molar-refractivity contribution in [3.8, 4) is 0 Å². The second-order valence-corrected chi connectivity index (χ2v) is 4.16. The van der Waals surface area contributed by atoms with E-state index in [1.807, 2.05) is 6.92 Å². The minimum absolute atomic E-state index is 0.213. The predicted octanol–water partition coefficient (Wildman–Crippen LogP) is 1.32. The smallest absolute Gasteiger partial charge is 0.343 e. The molecule has 98 valence electrons. The van der Waals surface area contributed by atoms with Crippen LogP contribution in [0.2, 0.25) is 0 Å². The highest BCUT2D eigenvalue weighted by Gasteiger charge is 2.28. The van der Waals surface area contributed by atoms with E-state index in [2.05, 4.69) is 4.72 Å². The number of nitrogens with one attached hydrogen (secondary N) is 2. The highest BCUT2D eigenvalue weighted by atomic mass is 32.2. The molecule has 0 atom stereocenters. The van der Waals surface area contributed by atoms with Crippen LogP contribution in [0.5, 0.6) is 0 Å². The number of amidine groups is 1. The van der Waals surface area contributed by atoms with Gasteiger partial charge in [0.1, 0.15) is 0 Å².